The number of methoxy groups -OCH3 is 1. The second-order valence-corrected chi connectivity index (χ2v) is 7.79. The molecule has 0 unspecified atom stereocenters. The number of hydrogen-bond acceptors (Lipinski definition) is 5. The van der Waals surface area contributed by atoms with Crippen molar-refractivity contribution in [2.45, 2.75) is 37.6 Å². The van der Waals surface area contributed by atoms with Crippen LogP contribution in [0.5, 0.6) is 0 Å². The Balaban J connectivity index is 1.25. The summed E-state index contributed by atoms with van der Waals surface area (Å²) in [5.41, 5.74) is 2.30. The van der Waals surface area contributed by atoms with E-state index in [9.17, 15) is 4.79 Å². The van der Waals surface area contributed by atoms with E-state index in [1.165, 1.54) is 5.56 Å². The van der Waals surface area contributed by atoms with E-state index in [0.29, 0.717) is 12.6 Å². The number of carbonyl (C=O) groups is 1. The molecular weight excluding hydrogens is 366 g/mol. The number of aromatic nitrogens is 1. The Morgan fingerprint density at radius 3 is 2.62 bits per heavy atom. The van der Waals surface area contributed by atoms with Crippen LogP contribution in [0.25, 0.3) is 0 Å². The maximum absolute atomic E-state index is 12.5. The molecule has 2 aliphatic rings. The predicted octanol–water partition coefficient (Wildman–Crippen LogP) is 2.66. The van der Waals surface area contributed by atoms with Gasteiger partial charge in [-0.05, 0) is 30.0 Å². The van der Waals surface area contributed by atoms with Crippen LogP contribution in [-0.2, 0) is 20.9 Å². The van der Waals surface area contributed by atoms with Crippen molar-refractivity contribution < 1.29 is 14.3 Å². The largest absolute Gasteiger partial charge is 0.378 e. The molecule has 0 radical (unpaired) electrons. The molecule has 1 aromatic heterocycles. The molecule has 6 nitrogen and oxygen atoms in total. The lowest BCUT2D eigenvalue weighted by Gasteiger charge is -2.52. The Bertz CT molecular complexity index is 778. The molecule has 0 saturated carbocycles. The fraction of sp³-hybridized carbons (Fsp3) is 0.478. The van der Waals surface area contributed by atoms with Gasteiger partial charge in [0.15, 0.2) is 0 Å². The predicted molar refractivity (Wildman–Crippen MR) is 110 cm³/mol. The number of carbonyl (C=O) groups excluding carboxylic acids is 1. The summed E-state index contributed by atoms with van der Waals surface area (Å²) in [6, 6.07) is 14.8. The molecule has 2 aromatic rings. The first-order valence-electron chi connectivity index (χ1n) is 10.3. The number of ether oxygens (including phenoxy) is 2. The first kappa shape index (κ1) is 20.0. The molecule has 1 amide bonds. The number of likely N-dealkylation sites (tertiary alicyclic amines) is 2. The summed E-state index contributed by atoms with van der Waals surface area (Å²) in [5.74, 6) is 0.0848. The van der Waals surface area contributed by atoms with E-state index < -0.39 is 0 Å². The second kappa shape index (κ2) is 9.48. The van der Waals surface area contributed by atoms with E-state index in [1.807, 2.05) is 47.5 Å². The van der Waals surface area contributed by atoms with Gasteiger partial charge in [-0.3, -0.25) is 14.7 Å². The van der Waals surface area contributed by atoms with Gasteiger partial charge in [-0.25, -0.2) is 0 Å². The monoisotopic (exact) mass is 395 g/mol. The van der Waals surface area contributed by atoms with Crippen molar-refractivity contribution in [3.8, 4) is 0 Å². The highest BCUT2D eigenvalue weighted by atomic mass is 16.5. The third-order valence-corrected chi connectivity index (χ3v) is 6.05. The summed E-state index contributed by atoms with van der Waals surface area (Å²) in [6.07, 6.45) is 5.92. The molecule has 0 N–H and O–H groups in total. The zero-order valence-electron chi connectivity index (χ0n) is 16.9. The first-order chi connectivity index (χ1) is 14.3. The van der Waals surface area contributed by atoms with Gasteiger partial charge < -0.3 is 14.4 Å². The summed E-state index contributed by atoms with van der Waals surface area (Å²) < 4.78 is 11.3. The Morgan fingerprint density at radius 1 is 1.14 bits per heavy atom. The Labute approximate surface area is 172 Å². The van der Waals surface area contributed by atoms with Gasteiger partial charge in [-0.1, -0.05) is 36.4 Å². The molecule has 0 spiro atoms. The summed E-state index contributed by atoms with van der Waals surface area (Å²) in [4.78, 5) is 21.2. The van der Waals surface area contributed by atoms with Crippen molar-refractivity contribution in [3.63, 3.8) is 0 Å². The molecule has 4 rings (SSSR count). The molecular formula is C23H29N3O3. The fourth-order valence-electron chi connectivity index (χ4n) is 4.40. The average molecular weight is 396 g/mol. The number of benzene rings is 1. The fourth-order valence-corrected chi connectivity index (χ4v) is 4.40. The number of piperidine rings is 1. The van der Waals surface area contributed by atoms with Crippen LogP contribution in [0, 0.1) is 0 Å². The minimum absolute atomic E-state index is 0.0848. The highest BCUT2D eigenvalue weighted by molar-refractivity contribution is 5.77. The zero-order valence-corrected chi connectivity index (χ0v) is 16.9. The van der Waals surface area contributed by atoms with Crippen LogP contribution in [0.4, 0.5) is 0 Å². The highest BCUT2D eigenvalue weighted by Gasteiger charge is 2.44. The molecule has 2 saturated heterocycles. The van der Waals surface area contributed by atoms with Crippen LogP contribution < -0.4 is 0 Å². The molecule has 29 heavy (non-hydrogen) atoms. The van der Waals surface area contributed by atoms with Crippen molar-refractivity contribution in [1.82, 2.24) is 14.8 Å². The quantitative estimate of drug-likeness (QED) is 0.722. The average Bonchev–Trinajstić information content (AvgIpc) is 2.75. The third-order valence-electron chi connectivity index (χ3n) is 6.05. The first-order valence-corrected chi connectivity index (χ1v) is 10.3. The van der Waals surface area contributed by atoms with E-state index >= 15 is 0 Å². The summed E-state index contributed by atoms with van der Waals surface area (Å²) in [5, 5.41) is 0. The van der Waals surface area contributed by atoms with Crippen molar-refractivity contribution in [2.24, 2.45) is 0 Å². The summed E-state index contributed by atoms with van der Waals surface area (Å²) in [6.45, 7) is 3.13. The third kappa shape index (κ3) is 4.66. The molecule has 154 valence electrons. The summed E-state index contributed by atoms with van der Waals surface area (Å²) in [7, 11) is 1.78. The van der Waals surface area contributed by atoms with E-state index in [4.69, 9.17) is 9.47 Å². The highest BCUT2D eigenvalue weighted by Crippen LogP contribution is 2.39. The van der Waals surface area contributed by atoms with Gasteiger partial charge in [-0.2, -0.15) is 0 Å². The van der Waals surface area contributed by atoms with Crippen molar-refractivity contribution in [3.05, 3.63) is 66.0 Å². The van der Waals surface area contributed by atoms with Crippen molar-refractivity contribution in [1.29, 1.82) is 0 Å². The van der Waals surface area contributed by atoms with Gasteiger partial charge in [0.05, 0.1) is 18.8 Å². The number of rotatable bonds is 7. The molecule has 0 bridgehead atoms. The van der Waals surface area contributed by atoms with Crippen molar-refractivity contribution >= 4 is 5.91 Å². The Kier molecular flexibility index (Phi) is 6.54. The SMILES string of the molecule is CO[C@H]1CN(C2CCN(C(=O)COCc3ccccc3)CC2)[C@H]1c1cccnc1. The van der Waals surface area contributed by atoms with Gasteiger partial charge >= 0.3 is 0 Å². The standard InChI is InChI=1S/C23H29N3O3/c1-28-21-15-26(23(21)19-8-5-11-24-14-19)20-9-12-25(13-10-20)22(27)17-29-16-18-6-3-2-4-7-18/h2-8,11,14,20-21,23H,9-10,12-13,15-17H2,1H3/t21-,23-/m0/s1. The van der Waals surface area contributed by atoms with Gasteiger partial charge in [0, 0.05) is 45.2 Å². The topological polar surface area (TPSA) is 54.9 Å². The smallest absolute Gasteiger partial charge is 0.248 e. The second-order valence-electron chi connectivity index (χ2n) is 7.79. The molecule has 6 heteroatoms. The number of pyridine rings is 1. The lowest BCUT2D eigenvalue weighted by atomic mass is 9.87. The van der Waals surface area contributed by atoms with E-state index in [2.05, 4.69) is 16.0 Å². The lowest BCUT2D eigenvalue weighted by Crippen LogP contribution is -2.60. The Hall–Kier alpha value is -2.28. The molecule has 3 heterocycles. The van der Waals surface area contributed by atoms with Crippen LogP contribution >= 0.6 is 0 Å². The van der Waals surface area contributed by atoms with Crippen molar-refractivity contribution in [2.75, 3.05) is 33.4 Å². The van der Waals surface area contributed by atoms with Crippen LogP contribution in [-0.4, -0.2) is 66.2 Å². The zero-order chi connectivity index (χ0) is 20.1. The van der Waals surface area contributed by atoms with E-state index in [-0.39, 0.29) is 24.7 Å². The van der Waals surface area contributed by atoms with Gasteiger partial charge in [0.25, 0.3) is 0 Å². The van der Waals surface area contributed by atoms with Crippen LogP contribution in [0.3, 0.4) is 0 Å². The normalized spacial score (nSPS) is 23.0. The Morgan fingerprint density at radius 2 is 1.93 bits per heavy atom. The lowest BCUT2D eigenvalue weighted by molar-refractivity contribution is -0.142. The van der Waals surface area contributed by atoms with Crippen LogP contribution in [0.2, 0.25) is 0 Å². The maximum atomic E-state index is 12.5. The van der Waals surface area contributed by atoms with Gasteiger partial charge in [0.1, 0.15) is 6.61 Å². The number of amides is 1. The minimum atomic E-state index is 0.0848. The molecule has 2 aliphatic heterocycles. The maximum Gasteiger partial charge on any atom is 0.248 e. The van der Waals surface area contributed by atoms with Crippen LogP contribution in [0.15, 0.2) is 54.9 Å². The van der Waals surface area contributed by atoms with Crippen LogP contribution in [0.1, 0.15) is 30.0 Å². The summed E-state index contributed by atoms with van der Waals surface area (Å²) >= 11 is 0. The molecule has 2 atom stereocenters. The molecule has 0 aliphatic carbocycles. The number of hydrogen-bond donors (Lipinski definition) is 0. The molecule has 2 fully saturated rings. The van der Waals surface area contributed by atoms with Gasteiger partial charge in [-0.15, -0.1) is 0 Å². The van der Waals surface area contributed by atoms with E-state index in [1.54, 1.807) is 13.3 Å². The molecule has 1 aromatic carbocycles. The van der Waals surface area contributed by atoms with E-state index in [0.717, 1.165) is 38.0 Å². The minimum Gasteiger partial charge on any atom is -0.378 e. The number of nitrogens with zero attached hydrogens (tertiary/aromatic N) is 3. The van der Waals surface area contributed by atoms with Gasteiger partial charge in [0.2, 0.25) is 5.91 Å².